The second-order valence-corrected chi connectivity index (χ2v) is 5.75. The Kier molecular flexibility index (Phi) is 6.46. The van der Waals surface area contributed by atoms with Crippen molar-refractivity contribution in [3.05, 3.63) is 63.5 Å². The molecule has 1 aromatic heterocycles. The van der Waals surface area contributed by atoms with Gasteiger partial charge in [0, 0.05) is 22.7 Å². The zero-order valence-electron chi connectivity index (χ0n) is 12.8. The van der Waals surface area contributed by atoms with Crippen molar-refractivity contribution < 1.29 is 18.7 Å². The molecule has 0 atom stereocenters. The first kappa shape index (κ1) is 18.1. The third-order valence-corrected chi connectivity index (χ3v) is 3.57. The first-order valence-electron chi connectivity index (χ1n) is 7.06. The fourth-order valence-electron chi connectivity index (χ4n) is 1.79. The number of aryl methyl sites for hydroxylation is 1. The van der Waals surface area contributed by atoms with Crippen molar-refractivity contribution in [3.63, 3.8) is 0 Å². The summed E-state index contributed by atoms with van der Waals surface area (Å²) in [5.41, 5.74) is 0.717. The van der Waals surface area contributed by atoms with Crippen LogP contribution in [0.25, 0.3) is 6.08 Å². The van der Waals surface area contributed by atoms with Crippen LogP contribution < -0.4 is 5.32 Å². The van der Waals surface area contributed by atoms with Gasteiger partial charge in [-0.3, -0.25) is 4.79 Å². The summed E-state index contributed by atoms with van der Waals surface area (Å²) in [4.78, 5) is 23.2. The van der Waals surface area contributed by atoms with E-state index >= 15 is 0 Å². The summed E-state index contributed by atoms with van der Waals surface area (Å²) >= 11 is 11.8. The molecule has 5 nitrogen and oxygen atoms in total. The fraction of sp³-hybridized carbons (Fsp3) is 0.176. The van der Waals surface area contributed by atoms with E-state index in [2.05, 4.69) is 5.32 Å². The predicted molar refractivity (Wildman–Crippen MR) is 91.7 cm³/mol. The molecule has 24 heavy (non-hydrogen) atoms. The molecule has 0 aliphatic heterocycles. The molecule has 126 valence electrons. The lowest BCUT2D eigenvalue weighted by Crippen LogP contribution is -2.28. The Morgan fingerprint density at radius 2 is 2.04 bits per heavy atom. The van der Waals surface area contributed by atoms with E-state index < -0.39 is 11.9 Å². The van der Waals surface area contributed by atoms with Crippen molar-refractivity contribution >= 4 is 41.2 Å². The summed E-state index contributed by atoms with van der Waals surface area (Å²) in [5, 5.41) is 3.58. The summed E-state index contributed by atoms with van der Waals surface area (Å²) in [6.07, 6.45) is 2.67. The van der Waals surface area contributed by atoms with Crippen molar-refractivity contribution in [2.75, 3.05) is 6.61 Å². The number of benzene rings is 1. The van der Waals surface area contributed by atoms with Crippen molar-refractivity contribution in [3.8, 4) is 0 Å². The first-order valence-corrected chi connectivity index (χ1v) is 7.81. The molecule has 7 heteroatoms. The van der Waals surface area contributed by atoms with Crippen LogP contribution in [0, 0.1) is 6.92 Å². The lowest BCUT2D eigenvalue weighted by atomic mass is 10.2. The smallest absolute Gasteiger partial charge is 0.331 e. The summed E-state index contributed by atoms with van der Waals surface area (Å²) in [7, 11) is 0. The molecule has 0 radical (unpaired) electrons. The molecule has 0 aliphatic carbocycles. The number of esters is 1. The fourth-order valence-corrected chi connectivity index (χ4v) is 2.26. The van der Waals surface area contributed by atoms with Crippen LogP contribution in [-0.4, -0.2) is 18.5 Å². The zero-order valence-corrected chi connectivity index (χ0v) is 14.4. The van der Waals surface area contributed by atoms with E-state index in [4.69, 9.17) is 32.4 Å². The van der Waals surface area contributed by atoms with Crippen molar-refractivity contribution in [1.82, 2.24) is 5.32 Å². The number of nitrogens with one attached hydrogen (secondary N) is 1. The Morgan fingerprint density at radius 3 is 2.71 bits per heavy atom. The number of hydrogen-bond acceptors (Lipinski definition) is 4. The molecule has 2 rings (SSSR count). The second-order valence-electron chi connectivity index (χ2n) is 4.90. The Morgan fingerprint density at radius 1 is 1.25 bits per heavy atom. The molecule has 0 spiro atoms. The number of amides is 1. The highest BCUT2D eigenvalue weighted by molar-refractivity contribution is 6.35. The SMILES string of the molecule is Cc1ccc(C=CC(=O)OCC(=O)NCc2ccc(Cl)cc2Cl)o1. The van der Waals surface area contributed by atoms with Gasteiger partial charge in [0.2, 0.25) is 0 Å². The van der Waals surface area contributed by atoms with Crippen LogP contribution in [0.15, 0.2) is 40.8 Å². The maximum atomic E-state index is 11.7. The molecule has 0 saturated carbocycles. The van der Waals surface area contributed by atoms with Crippen LogP contribution in [0.5, 0.6) is 0 Å². The molecular weight excluding hydrogens is 353 g/mol. The summed E-state index contributed by atoms with van der Waals surface area (Å²) in [6.45, 7) is 1.63. The largest absolute Gasteiger partial charge is 0.462 e. The van der Waals surface area contributed by atoms with Crippen LogP contribution in [-0.2, 0) is 20.9 Å². The molecular formula is C17H15Cl2NO4. The number of furan rings is 1. The van der Waals surface area contributed by atoms with Gasteiger partial charge in [-0.15, -0.1) is 0 Å². The zero-order chi connectivity index (χ0) is 17.5. The van der Waals surface area contributed by atoms with E-state index in [-0.39, 0.29) is 13.2 Å². The monoisotopic (exact) mass is 367 g/mol. The van der Waals surface area contributed by atoms with Gasteiger partial charge in [-0.2, -0.15) is 0 Å². The van der Waals surface area contributed by atoms with Crippen molar-refractivity contribution in [2.45, 2.75) is 13.5 Å². The Hall–Kier alpha value is -2.24. The van der Waals surface area contributed by atoms with Gasteiger partial charge in [0.1, 0.15) is 11.5 Å². The predicted octanol–water partition coefficient (Wildman–Crippen LogP) is 3.77. The minimum Gasteiger partial charge on any atom is -0.462 e. The number of carbonyl (C=O) groups is 2. The van der Waals surface area contributed by atoms with Gasteiger partial charge in [0.25, 0.3) is 5.91 Å². The van der Waals surface area contributed by atoms with Gasteiger partial charge in [0.15, 0.2) is 6.61 Å². The highest BCUT2D eigenvalue weighted by atomic mass is 35.5. The van der Waals surface area contributed by atoms with E-state index in [1.165, 1.54) is 12.2 Å². The maximum Gasteiger partial charge on any atom is 0.331 e. The quantitative estimate of drug-likeness (QED) is 0.623. The Balaban J connectivity index is 1.74. The van der Waals surface area contributed by atoms with Crippen LogP contribution in [0.1, 0.15) is 17.1 Å². The highest BCUT2D eigenvalue weighted by Gasteiger charge is 2.07. The van der Waals surface area contributed by atoms with Gasteiger partial charge in [-0.05, 0) is 42.8 Å². The molecule has 0 fully saturated rings. The molecule has 0 saturated heterocycles. The standard InChI is InChI=1S/C17H15Cl2NO4/c1-11-2-5-14(24-11)6-7-17(22)23-10-16(21)20-9-12-3-4-13(18)8-15(12)19/h2-8H,9-10H2,1H3,(H,20,21). The number of ether oxygens (including phenoxy) is 1. The van der Waals surface area contributed by atoms with E-state index in [1.807, 2.05) is 0 Å². The van der Waals surface area contributed by atoms with Gasteiger partial charge in [-0.1, -0.05) is 29.3 Å². The van der Waals surface area contributed by atoms with E-state index in [0.29, 0.717) is 21.4 Å². The average Bonchev–Trinajstić information content (AvgIpc) is 2.95. The van der Waals surface area contributed by atoms with Crippen LogP contribution in [0.3, 0.4) is 0 Å². The topological polar surface area (TPSA) is 68.5 Å². The normalized spacial score (nSPS) is 10.8. The van der Waals surface area contributed by atoms with E-state index in [9.17, 15) is 9.59 Å². The van der Waals surface area contributed by atoms with Gasteiger partial charge in [0.05, 0.1) is 0 Å². The lowest BCUT2D eigenvalue weighted by Gasteiger charge is -2.07. The van der Waals surface area contributed by atoms with Gasteiger partial charge >= 0.3 is 5.97 Å². The van der Waals surface area contributed by atoms with Crippen molar-refractivity contribution in [1.29, 1.82) is 0 Å². The number of rotatable bonds is 6. The van der Waals surface area contributed by atoms with Gasteiger partial charge in [-0.25, -0.2) is 4.79 Å². The molecule has 1 aromatic carbocycles. The summed E-state index contributed by atoms with van der Waals surface area (Å²) in [5.74, 6) is 0.204. The average molecular weight is 368 g/mol. The molecule has 1 N–H and O–H groups in total. The molecule has 2 aromatic rings. The third-order valence-electron chi connectivity index (χ3n) is 2.98. The Labute approximate surface area is 149 Å². The molecule has 0 unspecified atom stereocenters. The molecule has 1 amide bonds. The minimum absolute atomic E-state index is 0.216. The van der Waals surface area contributed by atoms with Crippen LogP contribution in [0.2, 0.25) is 10.0 Å². The first-order chi connectivity index (χ1) is 11.4. The lowest BCUT2D eigenvalue weighted by molar-refractivity contribution is -0.143. The Bertz CT molecular complexity index is 768. The van der Waals surface area contributed by atoms with E-state index in [1.54, 1.807) is 37.3 Å². The minimum atomic E-state index is -0.635. The maximum absolute atomic E-state index is 11.7. The van der Waals surface area contributed by atoms with Gasteiger partial charge < -0.3 is 14.5 Å². The number of carbonyl (C=O) groups excluding carboxylic acids is 2. The summed E-state index contributed by atoms with van der Waals surface area (Å²) in [6, 6.07) is 8.48. The number of hydrogen-bond donors (Lipinski definition) is 1. The van der Waals surface area contributed by atoms with E-state index in [0.717, 1.165) is 5.76 Å². The highest BCUT2D eigenvalue weighted by Crippen LogP contribution is 2.20. The summed E-state index contributed by atoms with van der Waals surface area (Å²) < 4.78 is 10.1. The second kappa shape index (κ2) is 8.57. The molecule has 0 bridgehead atoms. The molecule has 1 heterocycles. The van der Waals surface area contributed by atoms with Crippen molar-refractivity contribution in [2.24, 2.45) is 0 Å². The number of halogens is 2. The molecule has 0 aliphatic rings. The van der Waals surface area contributed by atoms with Crippen LogP contribution >= 0.6 is 23.2 Å². The third kappa shape index (κ3) is 5.76. The van der Waals surface area contributed by atoms with Crippen LogP contribution in [0.4, 0.5) is 0 Å².